The summed E-state index contributed by atoms with van der Waals surface area (Å²) in [5, 5.41) is 14.9. The second-order valence-corrected chi connectivity index (χ2v) is 9.33. The number of carbonyl (C=O) groups is 1. The molecule has 0 unspecified atom stereocenters. The highest BCUT2D eigenvalue weighted by Gasteiger charge is 2.22. The number of para-hydroxylation sites is 1. The van der Waals surface area contributed by atoms with Gasteiger partial charge in [-0.25, -0.2) is 9.48 Å². The van der Waals surface area contributed by atoms with Gasteiger partial charge >= 0.3 is 5.97 Å². The van der Waals surface area contributed by atoms with Gasteiger partial charge in [-0.15, -0.1) is 0 Å². The molecule has 0 bridgehead atoms. The zero-order valence-electron chi connectivity index (χ0n) is 21.4. The fourth-order valence-electron chi connectivity index (χ4n) is 4.26. The molecule has 37 heavy (non-hydrogen) atoms. The zero-order valence-corrected chi connectivity index (χ0v) is 22.2. The first-order valence-corrected chi connectivity index (χ1v) is 12.2. The fraction of sp³-hybridized carbons (Fsp3) is 0.241. The fourth-order valence-corrected chi connectivity index (χ4v) is 4.39. The van der Waals surface area contributed by atoms with Crippen LogP contribution in [0.5, 0.6) is 17.2 Å². The molecule has 0 spiro atoms. The summed E-state index contributed by atoms with van der Waals surface area (Å²) >= 11 is 6.16. The molecule has 7 nitrogen and oxygen atoms in total. The maximum atomic E-state index is 11.3. The normalized spacial score (nSPS) is 11.0. The number of carboxylic acid groups (broad SMARTS) is 1. The number of aryl methyl sites for hydroxylation is 1. The van der Waals surface area contributed by atoms with Crippen molar-refractivity contribution in [2.45, 2.75) is 26.7 Å². The lowest BCUT2D eigenvalue weighted by Crippen LogP contribution is -2.11. The second kappa shape index (κ2) is 11.0. The molecule has 0 aliphatic heterocycles. The first kappa shape index (κ1) is 26.1. The van der Waals surface area contributed by atoms with Crippen molar-refractivity contribution in [3.05, 3.63) is 76.8 Å². The van der Waals surface area contributed by atoms with Crippen LogP contribution in [-0.2, 0) is 4.79 Å². The van der Waals surface area contributed by atoms with Gasteiger partial charge < -0.3 is 19.3 Å². The highest BCUT2D eigenvalue weighted by atomic mass is 35.5. The van der Waals surface area contributed by atoms with Gasteiger partial charge in [0.15, 0.2) is 18.1 Å². The van der Waals surface area contributed by atoms with Crippen molar-refractivity contribution in [3.63, 3.8) is 0 Å². The largest absolute Gasteiger partial charge is 0.493 e. The molecule has 1 N–H and O–H groups in total. The van der Waals surface area contributed by atoms with Crippen molar-refractivity contribution in [2.24, 2.45) is 0 Å². The third-order valence-corrected chi connectivity index (χ3v) is 6.31. The number of ether oxygens (including phenoxy) is 3. The maximum absolute atomic E-state index is 11.3. The van der Waals surface area contributed by atoms with Crippen LogP contribution in [0.25, 0.3) is 28.2 Å². The van der Waals surface area contributed by atoms with Gasteiger partial charge in [-0.1, -0.05) is 37.6 Å². The first-order chi connectivity index (χ1) is 17.7. The number of hydrogen-bond acceptors (Lipinski definition) is 5. The third-order valence-electron chi connectivity index (χ3n) is 6.06. The predicted octanol–water partition coefficient (Wildman–Crippen LogP) is 6.77. The Labute approximate surface area is 221 Å². The smallest absolute Gasteiger partial charge is 0.341 e. The van der Waals surface area contributed by atoms with Gasteiger partial charge in [0.05, 0.1) is 31.3 Å². The van der Waals surface area contributed by atoms with Crippen molar-refractivity contribution < 1.29 is 24.1 Å². The summed E-state index contributed by atoms with van der Waals surface area (Å²) in [6.07, 6.45) is 0. The van der Waals surface area contributed by atoms with Crippen LogP contribution >= 0.6 is 11.6 Å². The minimum atomic E-state index is -1.05. The van der Waals surface area contributed by atoms with Crippen LogP contribution in [0.4, 0.5) is 0 Å². The number of aliphatic carboxylic acids is 1. The van der Waals surface area contributed by atoms with E-state index < -0.39 is 12.6 Å². The summed E-state index contributed by atoms with van der Waals surface area (Å²) in [5.41, 5.74) is 5.65. The van der Waals surface area contributed by atoms with E-state index in [0.29, 0.717) is 28.0 Å². The standard InChI is InChI=1S/C29H29ClN2O5/c1-17(2)19-13-18(3)28(26(14-19)37-16-27(33)34)23-15-24(22-7-6-8-25(35-4)29(22)36-5)32(31-23)21-11-9-20(30)10-12-21/h6-15,17H,16H2,1-5H3,(H,33,34). The van der Waals surface area contributed by atoms with Gasteiger partial charge in [-0.3, -0.25) is 0 Å². The van der Waals surface area contributed by atoms with E-state index in [4.69, 9.17) is 30.9 Å². The number of rotatable bonds is 9. The highest BCUT2D eigenvalue weighted by Crippen LogP contribution is 2.42. The summed E-state index contributed by atoms with van der Waals surface area (Å²) in [5.74, 6) is 0.820. The summed E-state index contributed by atoms with van der Waals surface area (Å²) in [6.45, 7) is 5.68. The Balaban J connectivity index is 1.99. The molecule has 0 saturated carbocycles. The van der Waals surface area contributed by atoms with Crippen LogP contribution in [0.2, 0.25) is 5.02 Å². The van der Waals surface area contributed by atoms with Gasteiger partial charge in [-0.2, -0.15) is 5.10 Å². The number of methoxy groups -OCH3 is 2. The number of nitrogens with zero attached hydrogens (tertiary/aromatic N) is 2. The average Bonchev–Trinajstić information content (AvgIpc) is 3.31. The lowest BCUT2D eigenvalue weighted by atomic mass is 9.95. The molecule has 4 rings (SSSR count). The van der Waals surface area contributed by atoms with Crippen molar-refractivity contribution in [2.75, 3.05) is 20.8 Å². The van der Waals surface area contributed by atoms with E-state index in [2.05, 4.69) is 19.9 Å². The quantitative estimate of drug-likeness (QED) is 0.262. The summed E-state index contributed by atoms with van der Waals surface area (Å²) in [6, 6.07) is 18.9. The Morgan fingerprint density at radius 3 is 2.38 bits per heavy atom. The molecule has 0 fully saturated rings. The average molecular weight is 521 g/mol. The summed E-state index contributed by atoms with van der Waals surface area (Å²) in [4.78, 5) is 11.3. The molecular formula is C29H29ClN2O5. The van der Waals surface area contributed by atoms with Crippen molar-refractivity contribution >= 4 is 17.6 Å². The molecule has 1 heterocycles. The van der Waals surface area contributed by atoms with E-state index in [1.54, 1.807) is 31.0 Å². The van der Waals surface area contributed by atoms with Gasteiger partial charge in [0, 0.05) is 16.1 Å². The van der Waals surface area contributed by atoms with E-state index in [-0.39, 0.29) is 5.92 Å². The molecule has 0 amide bonds. The molecule has 8 heteroatoms. The molecule has 0 aliphatic carbocycles. The van der Waals surface area contributed by atoms with Crippen molar-refractivity contribution in [3.8, 4) is 45.5 Å². The lowest BCUT2D eigenvalue weighted by Gasteiger charge is -2.15. The monoisotopic (exact) mass is 520 g/mol. The molecule has 3 aromatic carbocycles. The van der Waals surface area contributed by atoms with Crippen molar-refractivity contribution in [1.82, 2.24) is 9.78 Å². The van der Waals surface area contributed by atoms with Crippen LogP contribution in [0.1, 0.15) is 30.9 Å². The topological polar surface area (TPSA) is 82.8 Å². The highest BCUT2D eigenvalue weighted by molar-refractivity contribution is 6.30. The van der Waals surface area contributed by atoms with Gasteiger partial charge in [0.2, 0.25) is 0 Å². The summed E-state index contributed by atoms with van der Waals surface area (Å²) < 4.78 is 18.8. The van der Waals surface area contributed by atoms with E-state index >= 15 is 0 Å². The van der Waals surface area contributed by atoms with Gasteiger partial charge in [0.1, 0.15) is 5.75 Å². The number of hydrogen-bond donors (Lipinski definition) is 1. The second-order valence-electron chi connectivity index (χ2n) is 8.89. The summed E-state index contributed by atoms with van der Waals surface area (Å²) in [7, 11) is 3.19. The molecule has 0 aliphatic rings. The van der Waals surface area contributed by atoms with Gasteiger partial charge in [0.25, 0.3) is 0 Å². The van der Waals surface area contributed by atoms with E-state index in [1.807, 2.05) is 49.4 Å². The molecule has 0 radical (unpaired) electrons. The third kappa shape index (κ3) is 5.42. The Bertz CT molecular complexity index is 1430. The first-order valence-electron chi connectivity index (χ1n) is 11.8. The van der Waals surface area contributed by atoms with Crippen LogP contribution in [0, 0.1) is 6.92 Å². The Hall–Kier alpha value is -3.97. The number of carboxylic acids is 1. The Kier molecular flexibility index (Phi) is 7.74. The molecule has 1 aromatic heterocycles. The predicted molar refractivity (Wildman–Crippen MR) is 145 cm³/mol. The zero-order chi connectivity index (χ0) is 26.7. The number of aromatic nitrogens is 2. The Morgan fingerprint density at radius 1 is 1.03 bits per heavy atom. The molecule has 4 aromatic rings. The Morgan fingerprint density at radius 2 is 1.76 bits per heavy atom. The SMILES string of the molecule is COc1cccc(-c2cc(-c3c(C)cc(C(C)C)cc3OCC(=O)O)nn2-c2ccc(Cl)cc2)c1OC. The minimum absolute atomic E-state index is 0.239. The van der Waals surface area contributed by atoms with Gasteiger partial charge in [-0.05, 0) is 72.5 Å². The number of benzene rings is 3. The van der Waals surface area contributed by atoms with E-state index in [1.165, 1.54) is 0 Å². The van der Waals surface area contributed by atoms with E-state index in [0.717, 1.165) is 33.6 Å². The van der Waals surface area contributed by atoms with Crippen LogP contribution < -0.4 is 14.2 Å². The lowest BCUT2D eigenvalue weighted by molar-refractivity contribution is -0.139. The molecule has 0 atom stereocenters. The van der Waals surface area contributed by atoms with Crippen molar-refractivity contribution in [1.29, 1.82) is 0 Å². The minimum Gasteiger partial charge on any atom is -0.493 e. The molecular weight excluding hydrogens is 492 g/mol. The van der Waals surface area contributed by atoms with Crippen LogP contribution in [0.15, 0.2) is 60.7 Å². The molecule has 192 valence electrons. The van der Waals surface area contributed by atoms with E-state index in [9.17, 15) is 9.90 Å². The van der Waals surface area contributed by atoms with Crippen LogP contribution in [-0.4, -0.2) is 41.7 Å². The molecule has 0 saturated heterocycles. The van der Waals surface area contributed by atoms with Crippen LogP contribution in [0.3, 0.4) is 0 Å². The number of halogens is 1. The maximum Gasteiger partial charge on any atom is 0.341 e.